The van der Waals surface area contributed by atoms with E-state index in [1.807, 2.05) is 12.1 Å². The maximum Gasteiger partial charge on any atom is 0.494 e. The monoisotopic (exact) mass is 368 g/mol. The Morgan fingerprint density at radius 3 is 2.19 bits per heavy atom. The Labute approximate surface area is 161 Å². The van der Waals surface area contributed by atoms with Crippen LogP contribution >= 0.6 is 0 Å². The number of ether oxygens (including phenoxy) is 2. The highest BCUT2D eigenvalue weighted by atomic mass is 16.7. The van der Waals surface area contributed by atoms with Gasteiger partial charge in [-0.3, -0.25) is 0 Å². The van der Waals surface area contributed by atoms with Gasteiger partial charge >= 0.3 is 7.12 Å². The maximum absolute atomic E-state index is 6.13. The Bertz CT molecular complexity index is 784. The molecule has 142 valence electrons. The molecule has 2 aliphatic heterocycles. The average Bonchev–Trinajstić information content (AvgIpc) is 3.23. The second-order valence-corrected chi connectivity index (χ2v) is 8.16. The Morgan fingerprint density at radius 1 is 0.926 bits per heavy atom. The molecular weight excluding hydrogens is 341 g/mol. The van der Waals surface area contributed by atoms with Crippen LogP contribution in [0, 0.1) is 0 Å². The topological polar surface area (TPSA) is 40.8 Å². The number of aromatic nitrogens is 1. The van der Waals surface area contributed by atoms with E-state index in [1.165, 1.54) is 5.56 Å². The van der Waals surface area contributed by atoms with Crippen molar-refractivity contribution in [1.29, 1.82) is 0 Å². The average molecular weight is 368 g/mol. The number of rotatable bonds is 4. The predicted molar refractivity (Wildman–Crippen MR) is 103 cm³/mol. The predicted octanol–water partition coefficient (Wildman–Crippen LogP) is 2.37. The van der Waals surface area contributed by atoms with Gasteiger partial charge in [0.1, 0.15) is 0 Å². The van der Waals surface area contributed by atoms with Gasteiger partial charge in [-0.05, 0) is 39.2 Å². The lowest BCUT2D eigenvalue weighted by atomic mass is 9.79. The lowest BCUT2D eigenvalue weighted by molar-refractivity contribution is -0.701. The Morgan fingerprint density at radius 2 is 1.56 bits per heavy atom. The molecule has 1 aromatic carbocycles. The maximum atomic E-state index is 6.13. The van der Waals surface area contributed by atoms with Crippen LogP contribution in [0.5, 0.6) is 0 Å². The number of hydrogen-bond acceptors (Lipinski definition) is 4. The summed E-state index contributed by atoms with van der Waals surface area (Å²) in [6.45, 7) is 10.3. The second-order valence-electron chi connectivity index (χ2n) is 8.16. The second kappa shape index (κ2) is 7.02. The van der Waals surface area contributed by atoms with Crippen LogP contribution in [0.25, 0.3) is 0 Å². The lowest BCUT2D eigenvalue weighted by Gasteiger charge is -2.32. The molecule has 2 saturated heterocycles. The third-order valence-electron chi connectivity index (χ3n) is 5.70. The molecule has 0 radical (unpaired) electrons. The van der Waals surface area contributed by atoms with Gasteiger partial charge in [0.25, 0.3) is 0 Å². The first kappa shape index (κ1) is 18.6. The molecule has 0 bridgehead atoms. The summed E-state index contributed by atoms with van der Waals surface area (Å²) in [5.41, 5.74) is 2.62. The minimum atomic E-state index is -0.329. The summed E-state index contributed by atoms with van der Waals surface area (Å²) >= 11 is 0. The van der Waals surface area contributed by atoms with Gasteiger partial charge in [0.05, 0.1) is 24.4 Å². The van der Waals surface area contributed by atoms with Gasteiger partial charge in [-0.2, -0.15) is 4.57 Å². The first-order chi connectivity index (χ1) is 12.9. The SMILES string of the molecule is CC1(C)OB(c2ccc(C[n+]3ccccc3C3OCCO3)cc2)OC1(C)C. The molecule has 0 aliphatic carbocycles. The van der Waals surface area contributed by atoms with Crippen LogP contribution in [0.2, 0.25) is 0 Å². The normalized spacial score (nSPS) is 21.7. The summed E-state index contributed by atoms with van der Waals surface area (Å²) in [6, 6.07) is 14.5. The smallest absolute Gasteiger partial charge is 0.399 e. The molecule has 0 amide bonds. The Balaban J connectivity index is 1.50. The molecule has 5 nitrogen and oxygen atoms in total. The van der Waals surface area contributed by atoms with Gasteiger partial charge in [0.15, 0.2) is 12.7 Å². The molecule has 1 aromatic heterocycles. The minimum Gasteiger partial charge on any atom is -0.399 e. The van der Waals surface area contributed by atoms with Crippen LogP contribution < -0.4 is 10.0 Å². The van der Waals surface area contributed by atoms with E-state index < -0.39 is 0 Å². The highest BCUT2D eigenvalue weighted by molar-refractivity contribution is 6.62. The first-order valence-electron chi connectivity index (χ1n) is 9.52. The van der Waals surface area contributed by atoms with E-state index in [4.69, 9.17) is 18.8 Å². The van der Waals surface area contributed by atoms with Crippen molar-refractivity contribution in [2.75, 3.05) is 13.2 Å². The third kappa shape index (κ3) is 3.67. The van der Waals surface area contributed by atoms with E-state index in [0.717, 1.165) is 17.7 Å². The van der Waals surface area contributed by atoms with Crippen LogP contribution in [0.1, 0.15) is 45.2 Å². The highest BCUT2D eigenvalue weighted by Gasteiger charge is 2.51. The standard InChI is InChI=1S/C21H27BNO4/c1-20(2)21(3,4)27-22(26-20)17-10-8-16(9-11-17)15-23-12-6-5-7-18(23)19-24-13-14-25-19/h5-12,19H,13-15H2,1-4H3/q+1. The van der Waals surface area contributed by atoms with Gasteiger partial charge in [0.2, 0.25) is 12.0 Å². The zero-order valence-electron chi connectivity index (χ0n) is 16.5. The van der Waals surface area contributed by atoms with Crippen LogP contribution in [0.4, 0.5) is 0 Å². The van der Waals surface area contributed by atoms with Crippen molar-refractivity contribution >= 4 is 12.6 Å². The molecule has 0 N–H and O–H groups in total. The van der Waals surface area contributed by atoms with Crippen molar-refractivity contribution in [1.82, 2.24) is 0 Å². The van der Waals surface area contributed by atoms with E-state index in [-0.39, 0.29) is 24.6 Å². The number of nitrogens with zero attached hydrogens (tertiary/aromatic N) is 1. The molecule has 3 heterocycles. The third-order valence-corrected chi connectivity index (χ3v) is 5.70. The molecule has 4 rings (SSSR count). The molecule has 2 aromatic rings. The summed E-state index contributed by atoms with van der Waals surface area (Å²) < 4.78 is 25.8. The van der Waals surface area contributed by atoms with Crippen LogP contribution in [-0.4, -0.2) is 31.5 Å². The van der Waals surface area contributed by atoms with Crippen molar-refractivity contribution < 1.29 is 23.3 Å². The first-order valence-corrected chi connectivity index (χ1v) is 9.52. The summed E-state index contributed by atoms with van der Waals surface area (Å²) in [7, 11) is -0.329. The van der Waals surface area contributed by atoms with Gasteiger partial charge in [0, 0.05) is 17.7 Å². The summed E-state index contributed by atoms with van der Waals surface area (Å²) in [6.07, 6.45) is 1.78. The zero-order chi connectivity index (χ0) is 19.1. The molecule has 0 unspecified atom stereocenters. The minimum absolute atomic E-state index is 0.282. The highest BCUT2D eigenvalue weighted by Crippen LogP contribution is 2.36. The van der Waals surface area contributed by atoms with Crippen molar-refractivity contribution in [3.05, 3.63) is 59.9 Å². The largest absolute Gasteiger partial charge is 0.494 e. The van der Waals surface area contributed by atoms with Crippen molar-refractivity contribution in [2.45, 2.75) is 51.7 Å². The fraction of sp³-hybridized carbons (Fsp3) is 0.476. The fourth-order valence-electron chi connectivity index (χ4n) is 3.33. The molecular formula is C21H27BNO4+. The molecule has 2 fully saturated rings. The molecule has 0 spiro atoms. The number of pyridine rings is 1. The van der Waals surface area contributed by atoms with Gasteiger partial charge in [-0.15, -0.1) is 0 Å². The van der Waals surface area contributed by atoms with Crippen LogP contribution in [0.3, 0.4) is 0 Å². The number of hydrogen-bond donors (Lipinski definition) is 0. The molecule has 2 aliphatic rings. The summed E-state index contributed by atoms with van der Waals surface area (Å²) in [5, 5.41) is 0. The van der Waals surface area contributed by atoms with E-state index in [2.05, 4.69) is 68.8 Å². The molecule has 27 heavy (non-hydrogen) atoms. The quantitative estimate of drug-likeness (QED) is 0.614. The van der Waals surface area contributed by atoms with Crippen LogP contribution in [0.15, 0.2) is 48.7 Å². The van der Waals surface area contributed by atoms with Crippen molar-refractivity contribution in [3.63, 3.8) is 0 Å². The zero-order valence-corrected chi connectivity index (χ0v) is 16.5. The summed E-state index contributed by atoms with van der Waals surface area (Å²) in [4.78, 5) is 0. The number of benzene rings is 1. The van der Waals surface area contributed by atoms with E-state index >= 15 is 0 Å². The Hall–Kier alpha value is -1.73. The van der Waals surface area contributed by atoms with Crippen molar-refractivity contribution in [3.8, 4) is 0 Å². The molecule has 6 heteroatoms. The Kier molecular flexibility index (Phi) is 4.85. The summed E-state index contributed by atoms with van der Waals surface area (Å²) in [5.74, 6) is 0. The molecule has 0 saturated carbocycles. The van der Waals surface area contributed by atoms with E-state index in [0.29, 0.717) is 13.2 Å². The molecule has 0 atom stereocenters. The van der Waals surface area contributed by atoms with Crippen molar-refractivity contribution in [2.24, 2.45) is 0 Å². The van der Waals surface area contributed by atoms with E-state index in [1.54, 1.807) is 0 Å². The van der Waals surface area contributed by atoms with Gasteiger partial charge in [-0.25, -0.2) is 0 Å². The lowest BCUT2D eigenvalue weighted by Crippen LogP contribution is -2.41. The van der Waals surface area contributed by atoms with Crippen LogP contribution in [-0.2, 0) is 25.3 Å². The fourth-order valence-corrected chi connectivity index (χ4v) is 3.33. The van der Waals surface area contributed by atoms with E-state index in [9.17, 15) is 0 Å². The van der Waals surface area contributed by atoms with Gasteiger partial charge in [-0.1, -0.05) is 24.3 Å². The van der Waals surface area contributed by atoms with Gasteiger partial charge < -0.3 is 18.8 Å².